The van der Waals surface area contributed by atoms with E-state index in [1.54, 1.807) is 25.1 Å². The highest BCUT2D eigenvalue weighted by Gasteiger charge is 2.11. The van der Waals surface area contributed by atoms with Gasteiger partial charge >= 0.3 is 0 Å². The molecule has 1 unspecified atom stereocenters. The summed E-state index contributed by atoms with van der Waals surface area (Å²) in [4.78, 5) is 0. The van der Waals surface area contributed by atoms with Crippen LogP contribution in [-0.4, -0.2) is 26.5 Å². The van der Waals surface area contributed by atoms with Gasteiger partial charge in [-0.15, -0.1) is 0 Å². The van der Waals surface area contributed by atoms with Crippen molar-refractivity contribution < 1.29 is 8.42 Å². The molecule has 90 valence electrons. The first-order valence-electron chi connectivity index (χ1n) is 4.77. The van der Waals surface area contributed by atoms with Crippen LogP contribution in [0.5, 0.6) is 0 Å². The van der Waals surface area contributed by atoms with Crippen molar-refractivity contribution in [3.63, 3.8) is 0 Å². The molecular formula is C10H15ClN2O2S. The van der Waals surface area contributed by atoms with E-state index >= 15 is 0 Å². The number of rotatable bonds is 4. The molecule has 16 heavy (non-hydrogen) atoms. The fourth-order valence-corrected chi connectivity index (χ4v) is 2.64. The standard InChI is InChI=1S/C10H15ClN2O2S/c1-7(6-16(2,14)15)13-10-4-3-8(12)5-9(10)11/h3-5,7,13H,6,12H2,1-2H3. The number of halogens is 1. The van der Waals surface area contributed by atoms with E-state index in [2.05, 4.69) is 5.32 Å². The fourth-order valence-electron chi connectivity index (χ4n) is 1.41. The molecule has 4 nitrogen and oxygen atoms in total. The maximum absolute atomic E-state index is 11.1. The highest BCUT2D eigenvalue weighted by Crippen LogP contribution is 2.24. The Balaban J connectivity index is 2.73. The minimum Gasteiger partial charge on any atom is -0.399 e. The Morgan fingerprint density at radius 3 is 2.62 bits per heavy atom. The average molecular weight is 263 g/mol. The third-order valence-electron chi connectivity index (χ3n) is 1.95. The van der Waals surface area contributed by atoms with Gasteiger partial charge in [-0.05, 0) is 25.1 Å². The van der Waals surface area contributed by atoms with Gasteiger partial charge < -0.3 is 11.1 Å². The Bertz CT molecular complexity index is 474. The number of sulfone groups is 1. The molecule has 0 fully saturated rings. The zero-order chi connectivity index (χ0) is 12.3. The molecule has 0 aromatic heterocycles. The summed E-state index contributed by atoms with van der Waals surface area (Å²) >= 11 is 5.95. The van der Waals surface area contributed by atoms with E-state index in [9.17, 15) is 8.42 Å². The van der Waals surface area contributed by atoms with Crippen LogP contribution in [0.4, 0.5) is 11.4 Å². The Hall–Kier alpha value is -0.940. The summed E-state index contributed by atoms with van der Waals surface area (Å²) in [6, 6.07) is 4.87. The van der Waals surface area contributed by atoms with E-state index in [4.69, 9.17) is 17.3 Å². The molecule has 6 heteroatoms. The molecule has 1 atom stereocenters. The highest BCUT2D eigenvalue weighted by atomic mass is 35.5. The van der Waals surface area contributed by atoms with E-state index in [-0.39, 0.29) is 11.8 Å². The third kappa shape index (κ3) is 4.28. The number of nitrogen functional groups attached to an aromatic ring is 1. The van der Waals surface area contributed by atoms with E-state index in [1.165, 1.54) is 6.26 Å². The van der Waals surface area contributed by atoms with Crippen LogP contribution in [-0.2, 0) is 9.84 Å². The molecule has 0 spiro atoms. The van der Waals surface area contributed by atoms with Gasteiger partial charge in [0.1, 0.15) is 9.84 Å². The Morgan fingerprint density at radius 1 is 1.50 bits per heavy atom. The number of hydrogen-bond donors (Lipinski definition) is 2. The van der Waals surface area contributed by atoms with Crippen molar-refractivity contribution >= 4 is 32.8 Å². The largest absolute Gasteiger partial charge is 0.399 e. The predicted octanol–water partition coefficient (Wildman–Crippen LogP) is 1.77. The van der Waals surface area contributed by atoms with Gasteiger partial charge in [-0.1, -0.05) is 11.6 Å². The van der Waals surface area contributed by atoms with Gasteiger partial charge in [-0.2, -0.15) is 0 Å². The SMILES string of the molecule is CC(CS(C)(=O)=O)Nc1ccc(N)cc1Cl. The van der Waals surface area contributed by atoms with Crippen molar-refractivity contribution in [1.29, 1.82) is 0 Å². The maximum atomic E-state index is 11.1. The first-order chi connectivity index (χ1) is 7.28. The van der Waals surface area contributed by atoms with Crippen LogP contribution in [0.2, 0.25) is 5.02 Å². The van der Waals surface area contributed by atoms with Crippen LogP contribution in [0.25, 0.3) is 0 Å². The molecule has 1 aromatic carbocycles. The van der Waals surface area contributed by atoms with Gasteiger partial charge in [0, 0.05) is 18.0 Å². The van der Waals surface area contributed by atoms with Gasteiger partial charge in [0.2, 0.25) is 0 Å². The minimum atomic E-state index is -2.99. The summed E-state index contributed by atoms with van der Waals surface area (Å²) < 4.78 is 22.2. The Kier molecular flexibility index (Phi) is 4.04. The van der Waals surface area contributed by atoms with Crippen molar-refractivity contribution in [2.75, 3.05) is 23.1 Å². The predicted molar refractivity (Wildman–Crippen MR) is 68.7 cm³/mol. The normalized spacial score (nSPS) is 13.4. The molecule has 0 aliphatic rings. The van der Waals surface area contributed by atoms with Crippen molar-refractivity contribution in [2.45, 2.75) is 13.0 Å². The van der Waals surface area contributed by atoms with Crippen molar-refractivity contribution in [1.82, 2.24) is 0 Å². The van der Waals surface area contributed by atoms with Gasteiger partial charge in [0.15, 0.2) is 0 Å². The average Bonchev–Trinajstić information content (AvgIpc) is 2.06. The van der Waals surface area contributed by atoms with Crippen LogP contribution >= 0.6 is 11.6 Å². The molecule has 3 N–H and O–H groups in total. The van der Waals surface area contributed by atoms with Crippen molar-refractivity contribution in [3.05, 3.63) is 23.2 Å². The Morgan fingerprint density at radius 2 is 2.12 bits per heavy atom. The number of anilines is 2. The van der Waals surface area contributed by atoms with E-state index in [0.717, 1.165) is 0 Å². The first-order valence-corrected chi connectivity index (χ1v) is 7.21. The van der Waals surface area contributed by atoms with E-state index in [1.807, 2.05) is 0 Å². The van der Waals surface area contributed by atoms with Gasteiger partial charge in [-0.3, -0.25) is 0 Å². The van der Waals surface area contributed by atoms with Gasteiger partial charge in [-0.25, -0.2) is 8.42 Å². The molecular weight excluding hydrogens is 248 g/mol. The van der Waals surface area contributed by atoms with Gasteiger partial charge in [0.05, 0.1) is 16.5 Å². The summed E-state index contributed by atoms with van der Waals surface area (Å²) in [6.07, 6.45) is 1.20. The molecule has 1 aromatic rings. The maximum Gasteiger partial charge on any atom is 0.149 e. The lowest BCUT2D eigenvalue weighted by molar-refractivity contribution is 0.598. The molecule has 0 radical (unpaired) electrons. The van der Waals surface area contributed by atoms with Crippen molar-refractivity contribution in [2.24, 2.45) is 0 Å². The number of hydrogen-bond acceptors (Lipinski definition) is 4. The topological polar surface area (TPSA) is 72.2 Å². The lowest BCUT2D eigenvalue weighted by Crippen LogP contribution is -2.25. The molecule has 0 saturated heterocycles. The van der Waals surface area contributed by atoms with E-state index in [0.29, 0.717) is 16.4 Å². The van der Waals surface area contributed by atoms with E-state index < -0.39 is 9.84 Å². The lowest BCUT2D eigenvalue weighted by Gasteiger charge is -2.15. The summed E-state index contributed by atoms with van der Waals surface area (Å²) in [5.74, 6) is 0.0632. The van der Waals surface area contributed by atoms with Gasteiger partial charge in [0.25, 0.3) is 0 Å². The quantitative estimate of drug-likeness (QED) is 0.811. The van der Waals surface area contributed by atoms with Crippen LogP contribution in [0.3, 0.4) is 0 Å². The van der Waals surface area contributed by atoms with Crippen LogP contribution in [0, 0.1) is 0 Å². The second kappa shape index (κ2) is 4.93. The smallest absolute Gasteiger partial charge is 0.149 e. The number of nitrogens with two attached hydrogens (primary N) is 1. The van der Waals surface area contributed by atoms with Crippen LogP contribution in [0.15, 0.2) is 18.2 Å². The monoisotopic (exact) mass is 262 g/mol. The molecule has 0 aliphatic heterocycles. The number of nitrogens with one attached hydrogen (secondary N) is 1. The van der Waals surface area contributed by atoms with Crippen molar-refractivity contribution in [3.8, 4) is 0 Å². The first kappa shape index (κ1) is 13.1. The minimum absolute atomic E-state index is 0.0632. The summed E-state index contributed by atoms with van der Waals surface area (Å²) in [5, 5.41) is 3.51. The summed E-state index contributed by atoms with van der Waals surface area (Å²) in [7, 11) is -2.99. The lowest BCUT2D eigenvalue weighted by atomic mass is 10.2. The second-order valence-corrected chi connectivity index (χ2v) is 6.47. The third-order valence-corrected chi connectivity index (χ3v) is 3.37. The molecule has 0 aliphatic carbocycles. The summed E-state index contributed by atoms with van der Waals surface area (Å²) in [5.41, 5.74) is 6.81. The fraction of sp³-hybridized carbons (Fsp3) is 0.400. The molecule has 1 rings (SSSR count). The Labute approximate surface area is 101 Å². The number of benzene rings is 1. The zero-order valence-electron chi connectivity index (χ0n) is 9.20. The molecule has 0 amide bonds. The zero-order valence-corrected chi connectivity index (χ0v) is 10.8. The highest BCUT2D eigenvalue weighted by molar-refractivity contribution is 7.90. The van der Waals surface area contributed by atoms with Crippen LogP contribution < -0.4 is 11.1 Å². The van der Waals surface area contributed by atoms with Crippen LogP contribution in [0.1, 0.15) is 6.92 Å². The molecule has 0 saturated carbocycles. The molecule has 0 bridgehead atoms. The summed E-state index contributed by atoms with van der Waals surface area (Å²) in [6.45, 7) is 1.79. The second-order valence-electron chi connectivity index (χ2n) is 3.88. The molecule has 0 heterocycles.